The highest BCUT2D eigenvalue weighted by Crippen LogP contribution is 2.36. The van der Waals surface area contributed by atoms with E-state index in [9.17, 15) is 0 Å². The van der Waals surface area contributed by atoms with Crippen LogP contribution in [-0.4, -0.2) is 13.5 Å². The molecule has 2 heterocycles. The Morgan fingerprint density at radius 2 is 1.00 bits per heavy atom. The molecule has 3 aromatic rings. The first-order valence-corrected chi connectivity index (χ1v) is 13.3. The SMILES string of the molecule is CCC(C)(C)c1ccc2c(c1)CN(c1ccc(N3COc4ccc(C(C)(C)CC)cc4C3)cc1)CO2. The molecular formula is C32H40N2O2. The van der Waals surface area contributed by atoms with Crippen LogP contribution in [0.2, 0.25) is 0 Å². The second-order valence-electron chi connectivity index (χ2n) is 11.6. The first-order valence-electron chi connectivity index (χ1n) is 13.3. The molecule has 36 heavy (non-hydrogen) atoms. The average Bonchev–Trinajstić information content (AvgIpc) is 2.91. The molecule has 0 saturated carbocycles. The molecule has 0 atom stereocenters. The summed E-state index contributed by atoms with van der Waals surface area (Å²) in [5, 5.41) is 0. The van der Waals surface area contributed by atoms with Gasteiger partial charge in [-0.3, -0.25) is 0 Å². The summed E-state index contributed by atoms with van der Waals surface area (Å²) < 4.78 is 12.2. The summed E-state index contributed by atoms with van der Waals surface area (Å²) in [5.74, 6) is 2.02. The van der Waals surface area contributed by atoms with Crippen molar-refractivity contribution in [2.45, 2.75) is 78.3 Å². The summed E-state index contributed by atoms with van der Waals surface area (Å²) in [4.78, 5) is 4.60. The number of nitrogens with zero attached hydrogens (tertiary/aromatic N) is 2. The van der Waals surface area contributed by atoms with Gasteiger partial charge in [-0.15, -0.1) is 0 Å². The van der Waals surface area contributed by atoms with Crippen molar-refractivity contribution >= 4 is 11.4 Å². The van der Waals surface area contributed by atoms with Gasteiger partial charge < -0.3 is 19.3 Å². The molecule has 2 aliphatic rings. The van der Waals surface area contributed by atoms with Crippen molar-refractivity contribution in [2.24, 2.45) is 0 Å². The van der Waals surface area contributed by atoms with E-state index in [0.717, 1.165) is 37.4 Å². The van der Waals surface area contributed by atoms with Gasteiger partial charge in [-0.1, -0.05) is 53.7 Å². The summed E-state index contributed by atoms with van der Waals surface area (Å²) in [6.45, 7) is 16.6. The van der Waals surface area contributed by atoms with E-state index in [1.807, 2.05) is 0 Å². The molecular weight excluding hydrogens is 444 g/mol. The summed E-state index contributed by atoms with van der Waals surface area (Å²) in [6.07, 6.45) is 2.22. The third-order valence-corrected chi connectivity index (χ3v) is 8.51. The van der Waals surface area contributed by atoms with Crippen LogP contribution in [0.3, 0.4) is 0 Å². The van der Waals surface area contributed by atoms with Crippen molar-refractivity contribution in [1.82, 2.24) is 0 Å². The van der Waals surface area contributed by atoms with Crippen LogP contribution in [-0.2, 0) is 23.9 Å². The maximum absolute atomic E-state index is 6.12. The van der Waals surface area contributed by atoms with E-state index in [4.69, 9.17) is 9.47 Å². The minimum Gasteiger partial charge on any atom is -0.473 e. The highest BCUT2D eigenvalue weighted by molar-refractivity contribution is 5.59. The lowest BCUT2D eigenvalue weighted by atomic mass is 9.81. The van der Waals surface area contributed by atoms with Crippen LogP contribution in [0.1, 0.15) is 76.6 Å². The minimum atomic E-state index is 0.168. The summed E-state index contributed by atoms with van der Waals surface area (Å²) in [6, 6.07) is 22.2. The smallest absolute Gasteiger partial charge is 0.161 e. The van der Waals surface area contributed by atoms with Gasteiger partial charge in [0.15, 0.2) is 13.5 Å². The zero-order valence-corrected chi connectivity index (χ0v) is 22.7. The van der Waals surface area contributed by atoms with Crippen LogP contribution in [0, 0.1) is 0 Å². The van der Waals surface area contributed by atoms with Crippen LogP contribution in [0.25, 0.3) is 0 Å². The standard InChI is InChI=1S/C32H40N2O2/c1-7-31(3,4)25-9-15-29-23(17-25)19-33(21-35-29)27-11-13-28(14-12-27)34-20-24-18-26(32(5,6)8-2)10-16-30(24)36-22-34/h9-18H,7-8,19-22H2,1-6H3. The van der Waals surface area contributed by atoms with Gasteiger partial charge in [-0.2, -0.15) is 0 Å². The van der Waals surface area contributed by atoms with Gasteiger partial charge in [0.1, 0.15) is 11.5 Å². The van der Waals surface area contributed by atoms with Crippen molar-refractivity contribution in [3.05, 3.63) is 82.9 Å². The van der Waals surface area contributed by atoms with Gasteiger partial charge in [0, 0.05) is 35.6 Å². The largest absolute Gasteiger partial charge is 0.473 e. The Morgan fingerprint density at radius 1 is 0.611 bits per heavy atom. The first kappa shape index (κ1) is 24.5. The quantitative estimate of drug-likeness (QED) is 0.357. The van der Waals surface area contributed by atoms with Crippen molar-refractivity contribution in [2.75, 3.05) is 23.3 Å². The van der Waals surface area contributed by atoms with Crippen LogP contribution in [0.5, 0.6) is 11.5 Å². The molecule has 0 saturated heterocycles. The Bertz CT molecular complexity index is 1130. The van der Waals surface area contributed by atoms with Crippen molar-refractivity contribution < 1.29 is 9.47 Å². The fraction of sp³-hybridized carbons (Fsp3) is 0.438. The number of anilines is 2. The third-order valence-electron chi connectivity index (χ3n) is 8.51. The molecule has 4 nitrogen and oxygen atoms in total. The Kier molecular flexibility index (Phi) is 6.40. The third kappa shape index (κ3) is 4.66. The van der Waals surface area contributed by atoms with Crippen molar-refractivity contribution in [3.63, 3.8) is 0 Å². The molecule has 2 aliphatic heterocycles. The zero-order valence-electron chi connectivity index (χ0n) is 22.7. The highest BCUT2D eigenvalue weighted by Gasteiger charge is 2.25. The Hall–Kier alpha value is -3.14. The normalized spacial score (nSPS) is 15.6. The van der Waals surface area contributed by atoms with E-state index in [1.165, 1.54) is 33.6 Å². The maximum atomic E-state index is 6.12. The molecule has 0 amide bonds. The molecule has 0 fully saturated rings. The van der Waals surface area contributed by atoms with Crippen LogP contribution in [0.4, 0.5) is 11.4 Å². The van der Waals surface area contributed by atoms with Gasteiger partial charge in [0.05, 0.1) is 0 Å². The molecule has 3 aromatic carbocycles. The fourth-order valence-electron chi connectivity index (χ4n) is 4.94. The number of rotatable bonds is 6. The van der Waals surface area contributed by atoms with Gasteiger partial charge in [0.25, 0.3) is 0 Å². The fourth-order valence-corrected chi connectivity index (χ4v) is 4.94. The Balaban J connectivity index is 1.31. The molecule has 4 heteroatoms. The lowest BCUT2D eigenvalue weighted by Crippen LogP contribution is -2.33. The summed E-state index contributed by atoms with van der Waals surface area (Å²) >= 11 is 0. The number of fused-ring (bicyclic) bond motifs is 2. The molecule has 190 valence electrons. The Morgan fingerprint density at radius 3 is 1.36 bits per heavy atom. The van der Waals surface area contributed by atoms with Gasteiger partial charge in [0.2, 0.25) is 0 Å². The van der Waals surface area contributed by atoms with E-state index < -0.39 is 0 Å². The van der Waals surface area contributed by atoms with Crippen LogP contribution in [0.15, 0.2) is 60.7 Å². The van der Waals surface area contributed by atoms with E-state index >= 15 is 0 Å². The van der Waals surface area contributed by atoms with Crippen LogP contribution < -0.4 is 19.3 Å². The molecule has 0 aliphatic carbocycles. The maximum Gasteiger partial charge on any atom is 0.161 e. The molecule has 0 unspecified atom stereocenters. The second-order valence-corrected chi connectivity index (χ2v) is 11.6. The molecule has 5 rings (SSSR count). The van der Waals surface area contributed by atoms with E-state index in [0.29, 0.717) is 13.5 Å². The van der Waals surface area contributed by atoms with Gasteiger partial charge in [-0.25, -0.2) is 0 Å². The number of hydrogen-bond acceptors (Lipinski definition) is 4. The van der Waals surface area contributed by atoms with Gasteiger partial charge >= 0.3 is 0 Å². The molecule has 0 spiro atoms. The zero-order chi connectivity index (χ0) is 25.5. The Labute approximate surface area is 216 Å². The molecule has 0 radical (unpaired) electrons. The topological polar surface area (TPSA) is 24.9 Å². The monoisotopic (exact) mass is 484 g/mol. The van der Waals surface area contributed by atoms with Crippen molar-refractivity contribution in [1.29, 1.82) is 0 Å². The lowest BCUT2D eigenvalue weighted by Gasteiger charge is -2.34. The van der Waals surface area contributed by atoms with E-state index in [-0.39, 0.29) is 10.8 Å². The lowest BCUT2D eigenvalue weighted by molar-refractivity contribution is 0.288. The number of ether oxygens (including phenoxy) is 2. The van der Waals surface area contributed by atoms with Gasteiger partial charge in [-0.05, 0) is 83.3 Å². The molecule has 0 bridgehead atoms. The predicted molar refractivity (Wildman–Crippen MR) is 149 cm³/mol. The first-order chi connectivity index (χ1) is 17.2. The average molecular weight is 485 g/mol. The summed E-state index contributed by atoms with van der Waals surface area (Å²) in [5.41, 5.74) is 7.96. The highest BCUT2D eigenvalue weighted by atomic mass is 16.5. The molecule has 0 N–H and O–H groups in total. The molecule has 0 aromatic heterocycles. The van der Waals surface area contributed by atoms with E-state index in [2.05, 4.69) is 112 Å². The van der Waals surface area contributed by atoms with Crippen LogP contribution >= 0.6 is 0 Å². The predicted octanol–water partition coefficient (Wildman–Crippen LogP) is 7.77. The summed E-state index contributed by atoms with van der Waals surface area (Å²) in [7, 11) is 0. The second kappa shape index (κ2) is 9.38. The number of benzene rings is 3. The van der Waals surface area contributed by atoms with Crippen molar-refractivity contribution in [3.8, 4) is 11.5 Å². The van der Waals surface area contributed by atoms with E-state index in [1.54, 1.807) is 0 Å². The number of hydrogen-bond donors (Lipinski definition) is 0. The minimum absolute atomic E-state index is 0.168.